The Hall–Kier alpha value is -4.56. The average molecular weight is 495 g/mol. The number of thioether (sulfide) groups is 1. The highest BCUT2D eigenvalue weighted by Crippen LogP contribution is 2.37. The number of hydrogen-bond acceptors (Lipinski definition) is 6. The molecule has 0 aliphatic carbocycles. The summed E-state index contributed by atoms with van der Waals surface area (Å²) in [5.41, 5.74) is 11.6. The van der Waals surface area contributed by atoms with E-state index in [0.717, 1.165) is 10.5 Å². The molecule has 1 unspecified atom stereocenters. The molecule has 0 aliphatic rings. The number of anilines is 1. The van der Waals surface area contributed by atoms with Crippen molar-refractivity contribution in [3.63, 3.8) is 0 Å². The lowest BCUT2D eigenvalue weighted by Gasteiger charge is -2.24. The zero-order valence-electron chi connectivity index (χ0n) is 19.0. The largest absolute Gasteiger partial charge is 0.478 e. The van der Waals surface area contributed by atoms with Crippen LogP contribution in [-0.2, 0) is 0 Å². The molecule has 0 saturated carbocycles. The number of nitrogen functional groups attached to an aromatic ring is 1. The minimum Gasteiger partial charge on any atom is -0.478 e. The summed E-state index contributed by atoms with van der Waals surface area (Å²) < 4.78 is 1.34. The zero-order chi connectivity index (χ0) is 25.1. The van der Waals surface area contributed by atoms with E-state index in [-0.39, 0.29) is 16.9 Å². The topological polar surface area (TPSA) is 110 Å². The Morgan fingerprint density at radius 1 is 0.889 bits per heavy atom. The molecule has 1 aromatic heterocycles. The quantitative estimate of drug-likeness (QED) is 0.158. The minimum atomic E-state index is -1.11. The first-order valence-corrected chi connectivity index (χ1v) is 12.1. The van der Waals surface area contributed by atoms with Crippen molar-refractivity contribution in [2.45, 2.75) is 10.3 Å². The van der Waals surface area contributed by atoms with Crippen LogP contribution in [0.2, 0.25) is 0 Å². The number of nitrogens with zero attached hydrogens (tertiary/aromatic N) is 2. The number of nitrogens with two attached hydrogens (primary N) is 1. The highest BCUT2D eigenvalue weighted by Gasteiger charge is 2.22. The number of carboxylic acid groups (broad SMARTS) is 1. The molecule has 4 aromatic carbocycles. The summed E-state index contributed by atoms with van der Waals surface area (Å²) in [5.74, 6) is -0.898. The van der Waals surface area contributed by atoms with Crippen LogP contribution in [0.4, 0.5) is 5.69 Å². The Kier molecular flexibility index (Phi) is 6.42. The molecule has 178 valence electrons. The van der Waals surface area contributed by atoms with Crippen molar-refractivity contribution in [2.24, 2.45) is 0 Å². The van der Waals surface area contributed by atoms with E-state index in [1.54, 1.807) is 42.5 Å². The van der Waals surface area contributed by atoms with Gasteiger partial charge in [0.2, 0.25) is 0 Å². The van der Waals surface area contributed by atoms with Crippen LogP contribution >= 0.6 is 11.8 Å². The maximum Gasteiger partial charge on any atom is 0.336 e. The summed E-state index contributed by atoms with van der Waals surface area (Å²) in [4.78, 5) is 31.4. The highest BCUT2D eigenvalue weighted by molar-refractivity contribution is 7.99. The predicted molar refractivity (Wildman–Crippen MR) is 144 cm³/mol. The molecule has 1 atom stereocenters. The molecule has 7 nitrogen and oxygen atoms in total. The van der Waals surface area contributed by atoms with Crippen molar-refractivity contribution >= 4 is 34.3 Å². The van der Waals surface area contributed by atoms with Crippen molar-refractivity contribution in [1.29, 1.82) is 0 Å². The third-order valence-corrected chi connectivity index (χ3v) is 6.93. The molecule has 0 fully saturated rings. The van der Waals surface area contributed by atoms with Gasteiger partial charge < -0.3 is 16.3 Å². The standard InChI is InChI=1S/C28H22N4O3S/c29-22-15-7-9-17-24(22)36-26(18-10-2-1-3-11-18)31-32-25(19-12-4-5-13-20(19)28(34)35)30-23-16-8-6-14-21(23)27(32)33/h1-17,26,31H,29H2,(H,34,35). The first-order chi connectivity index (χ1) is 17.5. The monoisotopic (exact) mass is 494 g/mol. The molecule has 5 rings (SSSR count). The van der Waals surface area contributed by atoms with Gasteiger partial charge in [0.1, 0.15) is 5.37 Å². The van der Waals surface area contributed by atoms with Crippen molar-refractivity contribution < 1.29 is 9.90 Å². The number of benzene rings is 4. The molecular weight excluding hydrogens is 472 g/mol. The second-order valence-corrected chi connectivity index (χ2v) is 9.17. The number of aromatic nitrogens is 2. The molecule has 0 radical (unpaired) electrons. The van der Waals surface area contributed by atoms with Crippen molar-refractivity contribution in [2.75, 3.05) is 11.2 Å². The van der Waals surface area contributed by atoms with Gasteiger partial charge in [-0.25, -0.2) is 14.5 Å². The van der Waals surface area contributed by atoms with Gasteiger partial charge in [-0.1, -0.05) is 84.6 Å². The molecule has 8 heteroatoms. The third kappa shape index (κ3) is 4.54. The van der Waals surface area contributed by atoms with Crippen LogP contribution in [0, 0.1) is 0 Å². The first-order valence-electron chi connectivity index (χ1n) is 11.2. The van der Waals surface area contributed by atoms with Gasteiger partial charge in [0.15, 0.2) is 5.82 Å². The fourth-order valence-corrected chi connectivity index (χ4v) is 4.99. The van der Waals surface area contributed by atoms with E-state index in [4.69, 9.17) is 10.7 Å². The van der Waals surface area contributed by atoms with E-state index in [1.165, 1.54) is 22.5 Å². The Labute approximate surface area is 211 Å². The van der Waals surface area contributed by atoms with Gasteiger partial charge in [0, 0.05) is 16.1 Å². The number of aromatic carboxylic acids is 1. The molecule has 4 N–H and O–H groups in total. The SMILES string of the molecule is Nc1ccccc1SC(Nn1c(-c2ccccc2C(=O)O)nc2ccccc2c1=O)c1ccccc1. The second-order valence-electron chi connectivity index (χ2n) is 8.02. The van der Waals surface area contributed by atoms with E-state index in [0.29, 0.717) is 22.2 Å². The van der Waals surface area contributed by atoms with Crippen molar-refractivity contribution in [3.8, 4) is 11.4 Å². The summed E-state index contributed by atoms with van der Waals surface area (Å²) in [6.45, 7) is 0. The van der Waals surface area contributed by atoms with Gasteiger partial charge in [-0.3, -0.25) is 4.79 Å². The predicted octanol–water partition coefficient (Wildman–Crippen LogP) is 5.38. The molecule has 0 aliphatic heterocycles. The summed E-state index contributed by atoms with van der Waals surface area (Å²) in [5, 5.41) is 9.81. The lowest BCUT2D eigenvalue weighted by Crippen LogP contribution is -2.33. The van der Waals surface area contributed by atoms with Gasteiger partial charge in [-0.05, 0) is 35.9 Å². The molecule has 36 heavy (non-hydrogen) atoms. The molecule has 5 aromatic rings. The first kappa shape index (κ1) is 23.2. The fourth-order valence-electron chi connectivity index (χ4n) is 3.93. The van der Waals surface area contributed by atoms with Crippen LogP contribution in [-0.4, -0.2) is 20.7 Å². The second kappa shape index (κ2) is 9.97. The zero-order valence-corrected chi connectivity index (χ0v) is 19.9. The number of para-hydroxylation sites is 2. The van der Waals surface area contributed by atoms with Crippen LogP contribution < -0.4 is 16.7 Å². The number of carbonyl (C=O) groups is 1. The van der Waals surface area contributed by atoms with Crippen molar-refractivity contribution in [1.82, 2.24) is 9.66 Å². The third-order valence-electron chi connectivity index (χ3n) is 5.69. The fraction of sp³-hybridized carbons (Fsp3) is 0.0357. The normalized spacial score (nSPS) is 11.8. The van der Waals surface area contributed by atoms with Gasteiger partial charge in [-0.15, -0.1) is 0 Å². The Bertz CT molecular complexity index is 1620. The summed E-state index contributed by atoms with van der Waals surface area (Å²) in [7, 11) is 0. The summed E-state index contributed by atoms with van der Waals surface area (Å²) in [6, 6.07) is 30.7. The van der Waals surface area contributed by atoms with Crippen molar-refractivity contribution in [3.05, 3.63) is 125 Å². The maximum atomic E-state index is 13.8. The lowest BCUT2D eigenvalue weighted by atomic mass is 10.1. The number of carboxylic acids is 1. The molecule has 0 spiro atoms. The molecule has 0 saturated heterocycles. The number of rotatable bonds is 7. The Morgan fingerprint density at radius 3 is 2.33 bits per heavy atom. The van der Waals surface area contributed by atoms with Crippen LogP contribution in [0.3, 0.4) is 0 Å². The van der Waals surface area contributed by atoms with Crippen LogP contribution in [0.25, 0.3) is 22.3 Å². The van der Waals surface area contributed by atoms with Gasteiger partial charge in [0.25, 0.3) is 5.56 Å². The van der Waals surface area contributed by atoms with E-state index in [9.17, 15) is 14.7 Å². The van der Waals surface area contributed by atoms with E-state index >= 15 is 0 Å². The number of nitrogens with one attached hydrogen (secondary N) is 1. The molecule has 0 amide bonds. The van der Waals surface area contributed by atoms with Gasteiger partial charge >= 0.3 is 5.97 Å². The van der Waals surface area contributed by atoms with E-state index in [2.05, 4.69) is 5.43 Å². The number of hydrogen-bond donors (Lipinski definition) is 3. The minimum absolute atomic E-state index is 0.0476. The van der Waals surface area contributed by atoms with Crippen LogP contribution in [0.5, 0.6) is 0 Å². The van der Waals surface area contributed by atoms with E-state index in [1.807, 2.05) is 54.6 Å². The highest BCUT2D eigenvalue weighted by atomic mass is 32.2. The molecule has 1 heterocycles. The summed E-state index contributed by atoms with van der Waals surface area (Å²) in [6.07, 6.45) is 0. The summed E-state index contributed by atoms with van der Waals surface area (Å²) >= 11 is 1.45. The van der Waals surface area contributed by atoms with Crippen LogP contribution in [0.1, 0.15) is 21.3 Å². The average Bonchev–Trinajstić information content (AvgIpc) is 2.91. The Morgan fingerprint density at radius 2 is 1.56 bits per heavy atom. The lowest BCUT2D eigenvalue weighted by molar-refractivity contribution is 0.0697. The van der Waals surface area contributed by atoms with Gasteiger partial charge in [-0.2, -0.15) is 0 Å². The van der Waals surface area contributed by atoms with Gasteiger partial charge in [0.05, 0.1) is 16.5 Å². The van der Waals surface area contributed by atoms with E-state index < -0.39 is 11.3 Å². The Balaban J connectivity index is 1.72. The smallest absolute Gasteiger partial charge is 0.336 e. The molecular formula is C28H22N4O3S. The number of fused-ring (bicyclic) bond motifs is 1. The molecule has 0 bridgehead atoms. The van der Waals surface area contributed by atoms with Crippen LogP contribution in [0.15, 0.2) is 113 Å². The maximum absolute atomic E-state index is 13.8.